The van der Waals surface area contributed by atoms with E-state index in [1.807, 2.05) is 90.1 Å². The smallest absolute Gasteiger partial charge is 0.348 e. The van der Waals surface area contributed by atoms with E-state index in [9.17, 15) is 23.7 Å². The van der Waals surface area contributed by atoms with Crippen molar-refractivity contribution in [3.63, 3.8) is 0 Å². The fraction of sp³-hybridized carbons (Fsp3) is 0.317. The highest BCUT2D eigenvalue weighted by Gasteiger charge is 2.22. The summed E-state index contributed by atoms with van der Waals surface area (Å²) in [5, 5.41) is 17.9. The lowest BCUT2D eigenvalue weighted by Crippen LogP contribution is -2.20. The van der Waals surface area contributed by atoms with Crippen LogP contribution in [0.1, 0.15) is 102 Å². The Bertz CT molecular complexity index is 2520. The predicted octanol–water partition coefficient (Wildman–Crippen LogP) is 12.4. The van der Waals surface area contributed by atoms with Crippen molar-refractivity contribution in [3.05, 3.63) is 202 Å². The van der Waals surface area contributed by atoms with Crippen LogP contribution in [0.15, 0.2) is 147 Å². The standard InChI is InChI=1S/C16H19O2P.C13H18O3.C11H14.C10H12O2.C6H5O2P.C4H10/c1-12-9-13(2)16(14(3)10-12)11-19(17,18)15-7-5-4-6-8-15;1-13(2,3)12(15)10-4-6-11(7-5-10)16-9-8-14;1-5-11-9(3)6-8(2)7-10(11)4;1-2-9-3-5-10(6-4-9)12-8-7-11;7-9(8)6-4-2-1-3-5-6;1-4(2)3/h4-10H,11H2,1-3H3,(H,17,18);4-7,14H,8-9H2,1-3H3;5-7H,1H2,2-4H3;2-6,11H,1,7-8H2;1-5H;4H,1-3H3/p-1. The van der Waals surface area contributed by atoms with Gasteiger partial charge < -0.3 is 34.0 Å². The van der Waals surface area contributed by atoms with Crippen LogP contribution in [-0.4, -0.2) is 42.4 Å². The highest BCUT2D eigenvalue weighted by Crippen LogP contribution is 2.40. The Labute approximate surface area is 426 Å². The minimum atomic E-state index is -3.59. The third kappa shape index (κ3) is 25.3. The first kappa shape index (κ1) is 63.3. The van der Waals surface area contributed by atoms with Gasteiger partial charge in [-0.1, -0.05) is 167 Å². The Hall–Kier alpha value is -5.76. The molecule has 2 atom stereocenters. The summed E-state index contributed by atoms with van der Waals surface area (Å²) >= 11 is 0. The molecule has 0 aliphatic heterocycles. The Morgan fingerprint density at radius 1 is 0.662 bits per heavy atom. The summed E-state index contributed by atoms with van der Waals surface area (Å²) in [6.07, 6.45) is 3.79. The lowest BCUT2D eigenvalue weighted by Gasteiger charge is -2.26. The van der Waals surface area contributed by atoms with E-state index in [0.29, 0.717) is 28.5 Å². The number of ketones is 1. The molecule has 0 saturated heterocycles. The van der Waals surface area contributed by atoms with Crippen molar-refractivity contribution in [2.45, 2.75) is 89.2 Å². The second-order valence-electron chi connectivity index (χ2n) is 18.4. The van der Waals surface area contributed by atoms with Crippen LogP contribution in [0, 0.1) is 52.9 Å². The topological polar surface area (TPSA) is 156 Å². The maximum Gasteiger partial charge on any atom is 0.348 e. The molecule has 0 aromatic heterocycles. The average Bonchev–Trinajstić information content (AvgIpc) is 3.32. The molecule has 0 aliphatic carbocycles. The summed E-state index contributed by atoms with van der Waals surface area (Å²) in [5.41, 5.74) is 10.8. The molecule has 0 aliphatic rings. The number of aliphatic hydroxyl groups is 2. The number of benzene rings is 6. The summed E-state index contributed by atoms with van der Waals surface area (Å²) in [4.78, 5) is 34.6. The number of ether oxygens (including phenoxy) is 2. The van der Waals surface area contributed by atoms with Crippen LogP contribution < -0.4 is 29.9 Å². The van der Waals surface area contributed by atoms with E-state index < -0.39 is 15.4 Å². The first-order chi connectivity index (χ1) is 33.4. The molecule has 2 N–H and O–H groups in total. The molecule has 0 fully saturated rings. The van der Waals surface area contributed by atoms with Gasteiger partial charge in [0.25, 0.3) is 0 Å². The third-order valence-corrected chi connectivity index (χ3v) is 12.4. The van der Waals surface area contributed by atoms with Gasteiger partial charge in [-0.25, -0.2) is 0 Å². The van der Waals surface area contributed by atoms with Crippen molar-refractivity contribution in [1.29, 1.82) is 0 Å². The Balaban J connectivity index is 0.000000445. The molecule has 2 unspecified atom stereocenters. The normalized spacial score (nSPS) is 11.3. The number of hydrogen-bond acceptors (Lipinski definition) is 9. The van der Waals surface area contributed by atoms with Gasteiger partial charge in [0.15, 0.2) is 11.1 Å². The van der Waals surface area contributed by atoms with Gasteiger partial charge in [0.1, 0.15) is 24.7 Å². The second kappa shape index (κ2) is 33.0. The summed E-state index contributed by atoms with van der Waals surface area (Å²) < 4.78 is 33.0. The fourth-order valence-electron chi connectivity index (χ4n) is 6.64. The van der Waals surface area contributed by atoms with Gasteiger partial charge in [-0.3, -0.25) is 4.79 Å². The molecule has 0 amide bonds. The van der Waals surface area contributed by atoms with Crippen LogP contribution in [0.25, 0.3) is 12.2 Å². The monoisotopic (exact) mass is 1000 g/mol. The van der Waals surface area contributed by atoms with Crippen LogP contribution in [0.4, 0.5) is 0 Å². The first-order valence-corrected chi connectivity index (χ1v) is 26.6. The molecule has 0 bridgehead atoms. The van der Waals surface area contributed by atoms with Crippen molar-refractivity contribution in [2.24, 2.45) is 11.3 Å². The Morgan fingerprint density at radius 3 is 1.41 bits per heavy atom. The predicted molar refractivity (Wildman–Crippen MR) is 295 cm³/mol. The summed E-state index contributed by atoms with van der Waals surface area (Å²) in [7, 11) is -5.98. The average molecular weight is 1000 g/mol. The van der Waals surface area contributed by atoms with Crippen LogP contribution in [0.2, 0.25) is 0 Å². The molecule has 9 nitrogen and oxygen atoms in total. The van der Waals surface area contributed by atoms with Gasteiger partial charge >= 0.3 is 8.03 Å². The SMILES string of the molecule is C=Cc1c(C)cc(C)cc1C.C=Cc1ccc(OCCO)cc1.CC(C)(C)C(=O)c1ccc(OCCO)cc1.CC(C)C.Cc1cc(C)c(CP(=O)([O-])c2ccccc2)c(C)c1.O=[P+]([O-])c1ccccc1. The number of carbonyl (C=O) groups excluding carboxylic acids is 1. The molecule has 382 valence electrons. The number of hydrogen-bond donors (Lipinski definition) is 2. The second-order valence-corrected chi connectivity index (χ2v) is 21.6. The Morgan fingerprint density at radius 2 is 1.06 bits per heavy atom. The number of carbonyl (C=O) groups is 1. The fourth-order valence-corrected chi connectivity index (χ4v) is 8.78. The van der Waals surface area contributed by atoms with Crippen molar-refractivity contribution in [3.8, 4) is 11.5 Å². The van der Waals surface area contributed by atoms with E-state index in [-0.39, 0.29) is 37.2 Å². The number of Topliss-reactive ketones (excluding diaryl/α,β-unsaturated/α-hetero) is 1. The zero-order valence-electron chi connectivity index (χ0n) is 44.0. The van der Waals surface area contributed by atoms with E-state index in [1.54, 1.807) is 84.9 Å². The van der Waals surface area contributed by atoms with Crippen molar-refractivity contribution < 1.29 is 43.4 Å². The summed E-state index contributed by atoms with van der Waals surface area (Å²) in [6, 6.07) is 39.9. The van der Waals surface area contributed by atoms with Crippen molar-refractivity contribution >= 4 is 43.9 Å². The number of aryl methyl sites for hydroxylation is 6. The highest BCUT2D eigenvalue weighted by atomic mass is 31.2. The maximum atomic E-state index is 12.4. The molecule has 11 heteroatoms. The summed E-state index contributed by atoms with van der Waals surface area (Å²) in [5.74, 6) is 2.38. The largest absolute Gasteiger partial charge is 0.796 e. The maximum absolute atomic E-state index is 12.4. The van der Waals surface area contributed by atoms with E-state index in [1.165, 1.54) is 27.8 Å². The van der Waals surface area contributed by atoms with Gasteiger partial charge in [-0.15, -0.1) is 0 Å². The number of rotatable bonds is 13. The molecule has 6 aromatic carbocycles. The van der Waals surface area contributed by atoms with Gasteiger partial charge in [0, 0.05) is 24.5 Å². The van der Waals surface area contributed by atoms with Gasteiger partial charge in [0.05, 0.1) is 13.2 Å². The van der Waals surface area contributed by atoms with E-state index >= 15 is 0 Å². The van der Waals surface area contributed by atoms with Gasteiger partial charge in [-0.05, 0) is 140 Å². The van der Waals surface area contributed by atoms with Crippen molar-refractivity contribution in [2.75, 3.05) is 26.4 Å². The highest BCUT2D eigenvalue weighted by molar-refractivity contribution is 7.63. The van der Waals surface area contributed by atoms with E-state index in [0.717, 1.165) is 33.9 Å². The van der Waals surface area contributed by atoms with Crippen molar-refractivity contribution in [1.82, 2.24) is 0 Å². The zero-order valence-corrected chi connectivity index (χ0v) is 45.8. The third-order valence-electron chi connectivity index (χ3n) is 9.90. The van der Waals surface area contributed by atoms with Crippen LogP contribution in [-0.2, 0) is 15.3 Å². The molecule has 0 spiro atoms. The van der Waals surface area contributed by atoms with E-state index in [4.69, 9.17) is 19.7 Å². The molecule has 71 heavy (non-hydrogen) atoms. The molecule has 6 aromatic rings. The molecular weight excluding hydrogens is 927 g/mol. The lowest BCUT2D eigenvalue weighted by molar-refractivity contribution is -0.171. The van der Waals surface area contributed by atoms with Crippen LogP contribution in [0.3, 0.4) is 0 Å². The Kier molecular flexibility index (Phi) is 29.4. The first-order valence-electron chi connectivity index (χ1n) is 23.6. The summed E-state index contributed by atoms with van der Waals surface area (Å²) in [6.45, 7) is 32.6. The molecule has 0 saturated carbocycles. The van der Waals surface area contributed by atoms with E-state index in [2.05, 4.69) is 66.8 Å². The molecule has 0 radical (unpaired) electrons. The molecular formula is C60H77O9P2-. The van der Waals surface area contributed by atoms with Gasteiger partial charge in [0.2, 0.25) is 0 Å². The van der Waals surface area contributed by atoms with Crippen LogP contribution in [0.5, 0.6) is 11.5 Å². The lowest BCUT2D eigenvalue weighted by atomic mass is 9.86. The van der Waals surface area contributed by atoms with Crippen LogP contribution >= 0.6 is 15.4 Å². The quantitative estimate of drug-likeness (QED) is 0.0849. The number of aliphatic hydroxyl groups excluding tert-OH is 2. The zero-order chi connectivity index (χ0) is 53.7. The minimum absolute atomic E-state index is 0.0112. The molecule has 6 rings (SSSR count). The molecule has 0 heterocycles. The minimum Gasteiger partial charge on any atom is -0.796 e. The van der Waals surface area contributed by atoms with Gasteiger partial charge in [-0.2, -0.15) is 0 Å².